The van der Waals surface area contributed by atoms with Crippen molar-refractivity contribution in [3.8, 4) is 0 Å². The van der Waals surface area contributed by atoms with Crippen LogP contribution in [0.2, 0.25) is 0 Å². The maximum Gasteiger partial charge on any atom is 0.330 e. The van der Waals surface area contributed by atoms with Gasteiger partial charge in [-0.3, -0.25) is 9.36 Å². The van der Waals surface area contributed by atoms with E-state index in [0.29, 0.717) is 5.56 Å². The monoisotopic (exact) mass is 355 g/mol. The average molecular weight is 355 g/mol. The summed E-state index contributed by atoms with van der Waals surface area (Å²) in [5.41, 5.74) is -0.937. The zero-order valence-corrected chi connectivity index (χ0v) is 14.5. The summed E-state index contributed by atoms with van der Waals surface area (Å²) in [6.07, 6.45) is 1.01. The van der Waals surface area contributed by atoms with Crippen LogP contribution in [0.15, 0.2) is 44.9 Å². The fourth-order valence-electron chi connectivity index (χ4n) is 2.27. The molecule has 1 aromatic heterocycles. The molecular formula is C15H18FN3O4S. The molecule has 1 heterocycles. The van der Waals surface area contributed by atoms with Crippen LogP contribution in [0.5, 0.6) is 0 Å². The molecule has 9 heteroatoms. The zero-order valence-electron chi connectivity index (χ0n) is 13.7. The van der Waals surface area contributed by atoms with E-state index in [1.807, 2.05) is 0 Å². The molecule has 1 atom stereocenters. The molecule has 1 aromatic carbocycles. The fourth-order valence-corrected chi connectivity index (χ4v) is 3.76. The Balaban J connectivity index is 2.53. The first-order chi connectivity index (χ1) is 11.1. The third-order valence-electron chi connectivity index (χ3n) is 3.97. The number of hydrogen-bond donors (Lipinski definition) is 0. The number of sulfonamides is 1. The van der Waals surface area contributed by atoms with Gasteiger partial charge in [-0.15, -0.1) is 0 Å². The third kappa shape index (κ3) is 3.04. The lowest BCUT2D eigenvalue weighted by molar-refractivity contribution is 0.396. The molecule has 7 nitrogen and oxygen atoms in total. The van der Waals surface area contributed by atoms with Gasteiger partial charge in [0.05, 0.1) is 0 Å². The average Bonchev–Trinajstić information content (AvgIpc) is 2.55. The molecule has 0 saturated heterocycles. The van der Waals surface area contributed by atoms with Gasteiger partial charge in [-0.25, -0.2) is 17.6 Å². The van der Waals surface area contributed by atoms with Crippen LogP contribution in [0.1, 0.15) is 18.5 Å². The van der Waals surface area contributed by atoms with E-state index in [9.17, 15) is 22.4 Å². The first kappa shape index (κ1) is 18.1. The summed E-state index contributed by atoms with van der Waals surface area (Å²) in [6, 6.07) is 4.79. The summed E-state index contributed by atoms with van der Waals surface area (Å²) in [5, 5.41) is 0. The second-order valence-electron chi connectivity index (χ2n) is 5.50. The summed E-state index contributed by atoms with van der Waals surface area (Å²) in [4.78, 5) is 23.4. The number of aromatic nitrogens is 2. The Morgan fingerprint density at radius 3 is 2.21 bits per heavy atom. The van der Waals surface area contributed by atoms with Crippen molar-refractivity contribution in [2.75, 3.05) is 7.05 Å². The highest BCUT2D eigenvalue weighted by molar-refractivity contribution is 7.89. The van der Waals surface area contributed by atoms with Gasteiger partial charge in [0.1, 0.15) is 5.82 Å². The van der Waals surface area contributed by atoms with Gasteiger partial charge >= 0.3 is 5.69 Å². The molecule has 0 aliphatic carbocycles. The number of nitrogens with zero attached hydrogens (tertiary/aromatic N) is 3. The highest BCUT2D eigenvalue weighted by Crippen LogP contribution is 2.24. The van der Waals surface area contributed by atoms with Crippen molar-refractivity contribution in [2.45, 2.75) is 17.9 Å². The van der Waals surface area contributed by atoms with Crippen molar-refractivity contribution in [3.05, 3.63) is 62.7 Å². The number of aryl methyl sites for hydroxylation is 1. The van der Waals surface area contributed by atoms with E-state index in [1.165, 1.54) is 45.4 Å². The quantitative estimate of drug-likeness (QED) is 0.804. The normalized spacial score (nSPS) is 13.2. The van der Waals surface area contributed by atoms with Crippen LogP contribution in [0, 0.1) is 5.82 Å². The van der Waals surface area contributed by atoms with E-state index < -0.39 is 38.0 Å². The molecule has 1 unspecified atom stereocenters. The van der Waals surface area contributed by atoms with Crippen LogP contribution in [-0.4, -0.2) is 28.9 Å². The molecule has 130 valence electrons. The van der Waals surface area contributed by atoms with Crippen molar-refractivity contribution in [1.29, 1.82) is 0 Å². The van der Waals surface area contributed by atoms with E-state index in [-0.39, 0.29) is 0 Å². The minimum absolute atomic E-state index is 0.427. The van der Waals surface area contributed by atoms with Crippen LogP contribution in [0.25, 0.3) is 0 Å². The van der Waals surface area contributed by atoms with Gasteiger partial charge in [-0.05, 0) is 24.6 Å². The maximum atomic E-state index is 13.0. The van der Waals surface area contributed by atoms with Crippen LogP contribution < -0.4 is 11.2 Å². The molecule has 0 fully saturated rings. The van der Waals surface area contributed by atoms with Crippen molar-refractivity contribution in [3.63, 3.8) is 0 Å². The van der Waals surface area contributed by atoms with Crippen LogP contribution in [0.3, 0.4) is 0 Å². The lowest BCUT2D eigenvalue weighted by Gasteiger charge is -2.24. The fraction of sp³-hybridized carbons (Fsp3) is 0.333. The smallest absolute Gasteiger partial charge is 0.302 e. The zero-order chi connectivity index (χ0) is 18.2. The van der Waals surface area contributed by atoms with Gasteiger partial charge in [0.2, 0.25) is 10.0 Å². The number of halogens is 1. The Morgan fingerprint density at radius 2 is 1.67 bits per heavy atom. The van der Waals surface area contributed by atoms with Crippen molar-refractivity contribution in [2.24, 2.45) is 14.1 Å². The van der Waals surface area contributed by atoms with Gasteiger partial charge in [-0.2, -0.15) is 4.31 Å². The molecule has 0 N–H and O–H groups in total. The first-order valence-electron chi connectivity index (χ1n) is 7.07. The Hall–Kier alpha value is -2.26. The number of hydrogen-bond acceptors (Lipinski definition) is 4. The molecule has 0 saturated carbocycles. The summed E-state index contributed by atoms with van der Waals surface area (Å²) < 4.78 is 41.4. The highest BCUT2D eigenvalue weighted by Gasteiger charge is 2.30. The number of benzene rings is 1. The highest BCUT2D eigenvalue weighted by atomic mass is 32.2. The Morgan fingerprint density at radius 1 is 1.12 bits per heavy atom. The van der Waals surface area contributed by atoms with E-state index in [0.717, 1.165) is 19.6 Å². The lowest BCUT2D eigenvalue weighted by Crippen LogP contribution is -2.42. The predicted molar refractivity (Wildman–Crippen MR) is 86.7 cm³/mol. The largest absolute Gasteiger partial charge is 0.330 e. The second-order valence-corrected chi connectivity index (χ2v) is 7.47. The molecule has 0 radical (unpaired) electrons. The first-order valence-corrected chi connectivity index (χ1v) is 8.51. The Labute approximate surface area is 138 Å². The second kappa shape index (κ2) is 6.33. The Bertz CT molecular complexity index is 977. The minimum Gasteiger partial charge on any atom is -0.302 e. The summed E-state index contributed by atoms with van der Waals surface area (Å²) in [7, 11) is -0.234. The molecule has 0 amide bonds. The summed E-state index contributed by atoms with van der Waals surface area (Å²) in [6.45, 7) is 1.62. The maximum absolute atomic E-state index is 13.0. The van der Waals surface area contributed by atoms with Gasteiger partial charge < -0.3 is 4.57 Å². The molecule has 2 aromatic rings. The molecule has 0 spiro atoms. The van der Waals surface area contributed by atoms with Gasteiger partial charge in [0.15, 0.2) is 4.90 Å². The third-order valence-corrected chi connectivity index (χ3v) is 5.88. The lowest BCUT2D eigenvalue weighted by atomic mass is 10.1. The number of rotatable bonds is 4. The Kier molecular flexibility index (Phi) is 4.77. The van der Waals surface area contributed by atoms with E-state index >= 15 is 0 Å². The summed E-state index contributed by atoms with van der Waals surface area (Å²) >= 11 is 0. The molecule has 0 aliphatic rings. The molecule has 0 aliphatic heterocycles. The molecule has 2 rings (SSSR count). The van der Waals surface area contributed by atoms with E-state index in [4.69, 9.17) is 0 Å². The topological polar surface area (TPSA) is 81.4 Å². The van der Waals surface area contributed by atoms with Crippen LogP contribution in [0.4, 0.5) is 4.39 Å². The van der Waals surface area contributed by atoms with Crippen molar-refractivity contribution >= 4 is 10.0 Å². The standard InChI is InChI=1S/C15H18FN3O4S/c1-10(11-5-7-12(16)8-6-11)19(4)24(22,23)13-9-17(2)15(21)18(3)14(13)20/h5-10H,1-4H3. The minimum atomic E-state index is -4.14. The molecule has 24 heavy (non-hydrogen) atoms. The van der Waals surface area contributed by atoms with E-state index in [2.05, 4.69) is 0 Å². The molecular weight excluding hydrogens is 337 g/mol. The predicted octanol–water partition coefficient (Wildman–Crippen LogP) is 0.605. The SMILES string of the molecule is CC(c1ccc(F)cc1)N(C)S(=O)(=O)c1cn(C)c(=O)n(C)c1=O. The summed E-state index contributed by atoms with van der Waals surface area (Å²) in [5.74, 6) is -0.427. The van der Waals surface area contributed by atoms with Gasteiger partial charge in [0, 0.05) is 33.4 Å². The van der Waals surface area contributed by atoms with Gasteiger partial charge in [0.25, 0.3) is 5.56 Å². The van der Waals surface area contributed by atoms with Gasteiger partial charge in [-0.1, -0.05) is 12.1 Å². The van der Waals surface area contributed by atoms with E-state index in [1.54, 1.807) is 6.92 Å². The van der Waals surface area contributed by atoms with Crippen LogP contribution >= 0.6 is 0 Å². The van der Waals surface area contributed by atoms with Crippen LogP contribution in [-0.2, 0) is 24.1 Å². The van der Waals surface area contributed by atoms with Crippen molar-refractivity contribution < 1.29 is 12.8 Å². The molecule has 0 bridgehead atoms. The van der Waals surface area contributed by atoms with Crippen molar-refractivity contribution in [1.82, 2.24) is 13.4 Å².